The van der Waals surface area contributed by atoms with Crippen molar-refractivity contribution in [2.45, 2.75) is 13.0 Å². The Bertz CT molecular complexity index is 530. The highest BCUT2D eigenvalue weighted by Gasteiger charge is 2.14. The second kappa shape index (κ2) is 7.90. The van der Waals surface area contributed by atoms with Crippen LogP contribution >= 0.6 is 11.3 Å². The van der Waals surface area contributed by atoms with Gasteiger partial charge in [-0.2, -0.15) is 0 Å². The number of ether oxygens (including phenoxy) is 3. The van der Waals surface area contributed by atoms with Gasteiger partial charge in [-0.1, -0.05) is 6.07 Å². The summed E-state index contributed by atoms with van der Waals surface area (Å²) in [6.45, 7) is 1.35. The topological polar surface area (TPSA) is 39.7 Å². The molecule has 2 rings (SSSR count). The molecule has 0 saturated heterocycles. The number of rotatable bonds is 8. The van der Waals surface area contributed by atoms with Crippen molar-refractivity contribution >= 4 is 11.3 Å². The average Bonchev–Trinajstić information content (AvgIpc) is 3.01. The predicted octanol–water partition coefficient (Wildman–Crippen LogP) is 3.11. The molecule has 0 bridgehead atoms. The van der Waals surface area contributed by atoms with Crippen LogP contribution in [0.4, 0.5) is 0 Å². The van der Waals surface area contributed by atoms with E-state index in [1.807, 2.05) is 25.2 Å². The van der Waals surface area contributed by atoms with Crippen LogP contribution in [0.1, 0.15) is 10.4 Å². The van der Waals surface area contributed by atoms with Crippen LogP contribution in [0.25, 0.3) is 0 Å². The molecule has 0 spiro atoms. The van der Waals surface area contributed by atoms with Gasteiger partial charge < -0.3 is 19.5 Å². The van der Waals surface area contributed by atoms with E-state index in [1.54, 1.807) is 25.6 Å². The lowest BCUT2D eigenvalue weighted by molar-refractivity contribution is 0.277. The van der Waals surface area contributed by atoms with Gasteiger partial charge in [-0.3, -0.25) is 0 Å². The van der Waals surface area contributed by atoms with Gasteiger partial charge in [-0.25, -0.2) is 0 Å². The van der Waals surface area contributed by atoms with Crippen LogP contribution < -0.4 is 19.5 Å². The molecule has 1 aromatic heterocycles. The molecule has 1 heterocycles. The van der Waals surface area contributed by atoms with E-state index < -0.39 is 0 Å². The summed E-state index contributed by atoms with van der Waals surface area (Å²) < 4.78 is 16.8. The van der Waals surface area contributed by atoms with Gasteiger partial charge in [0, 0.05) is 17.8 Å². The Balaban J connectivity index is 2.12. The monoisotopic (exact) mass is 307 g/mol. The molecule has 0 aliphatic heterocycles. The molecule has 21 heavy (non-hydrogen) atoms. The molecule has 5 heteroatoms. The van der Waals surface area contributed by atoms with E-state index in [1.165, 1.54) is 4.88 Å². The second-order valence-electron chi connectivity index (χ2n) is 4.54. The Labute approximate surface area is 129 Å². The minimum atomic E-state index is 0.596. The molecule has 0 fully saturated rings. The minimum absolute atomic E-state index is 0.596. The van der Waals surface area contributed by atoms with E-state index in [2.05, 4.69) is 16.8 Å². The van der Waals surface area contributed by atoms with Crippen molar-refractivity contribution in [1.29, 1.82) is 0 Å². The Hall–Kier alpha value is -1.72. The van der Waals surface area contributed by atoms with Crippen molar-refractivity contribution in [3.8, 4) is 17.2 Å². The van der Waals surface area contributed by atoms with Crippen molar-refractivity contribution in [2.75, 3.05) is 27.9 Å². The molecule has 0 aliphatic carbocycles. The first-order valence-corrected chi connectivity index (χ1v) is 7.71. The van der Waals surface area contributed by atoms with E-state index in [4.69, 9.17) is 14.2 Å². The van der Waals surface area contributed by atoms with Crippen molar-refractivity contribution in [3.63, 3.8) is 0 Å². The van der Waals surface area contributed by atoms with Crippen LogP contribution in [0, 0.1) is 0 Å². The lowest BCUT2D eigenvalue weighted by Crippen LogP contribution is -2.07. The fraction of sp³-hybridized carbons (Fsp3) is 0.375. The number of hydrogen-bond acceptors (Lipinski definition) is 5. The summed E-state index contributed by atoms with van der Waals surface area (Å²) >= 11 is 1.74. The van der Waals surface area contributed by atoms with Gasteiger partial charge in [-0.05, 0) is 36.2 Å². The van der Waals surface area contributed by atoms with Gasteiger partial charge in [0.15, 0.2) is 11.5 Å². The summed E-state index contributed by atoms with van der Waals surface area (Å²) in [5.74, 6) is 2.06. The first-order valence-electron chi connectivity index (χ1n) is 6.83. The van der Waals surface area contributed by atoms with Gasteiger partial charge in [-0.15, -0.1) is 11.3 Å². The third-order valence-corrected chi connectivity index (χ3v) is 4.01. The molecule has 114 valence electrons. The van der Waals surface area contributed by atoms with E-state index >= 15 is 0 Å². The van der Waals surface area contributed by atoms with Crippen molar-refractivity contribution in [1.82, 2.24) is 5.32 Å². The minimum Gasteiger partial charge on any atom is -0.493 e. The van der Waals surface area contributed by atoms with E-state index in [0.29, 0.717) is 23.9 Å². The molecule has 0 amide bonds. The van der Waals surface area contributed by atoms with Crippen LogP contribution in [-0.4, -0.2) is 27.9 Å². The maximum absolute atomic E-state index is 5.89. The summed E-state index contributed by atoms with van der Waals surface area (Å²) in [5, 5.41) is 5.19. The maximum atomic E-state index is 5.89. The highest BCUT2D eigenvalue weighted by molar-refractivity contribution is 7.09. The first kappa shape index (κ1) is 15.7. The van der Waals surface area contributed by atoms with Gasteiger partial charge in [0.1, 0.15) is 0 Å². The Morgan fingerprint density at radius 3 is 2.38 bits per heavy atom. The summed E-state index contributed by atoms with van der Waals surface area (Å²) in [5.41, 5.74) is 1.09. The Kier molecular flexibility index (Phi) is 5.90. The Morgan fingerprint density at radius 2 is 1.86 bits per heavy atom. The third-order valence-electron chi connectivity index (χ3n) is 3.08. The molecule has 0 aliphatic rings. The predicted molar refractivity (Wildman–Crippen MR) is 85.8 cm³/mol. The molecule has 1 aromatic carbocycles. The van der Waals surface area contributed by atoms with Crippen LogP contribution in [0.5, 0.6) is 17.2 Å². The van der Waals surface area contributed by atoms with Crippen LogP contribution in [0.2, 0.25) is 0 Å². The zero-order valence-corrected chi connectivity index (χ0v) is 13.5. The second-order valence-corrected chi connectivity index (χ2v) is 5.57. The largest absolute Gasteiger partial charge is 0.493 e. The molecule has 0 radical (unpaired) electrons. The van der Waals surface area contributed by atoms with Gasteiger partial charge in [0.05, 0.1) is 20.8 Å². The first-order chi connectivity index (χ1) is 10.3. The molecule has 0 saturated carbocycles. The van der Waals surface area contributed by atoms with Crippen LogP contribution in [-0.2, 0) is 13.0 Å². The van der Waals surface area contributed by atoms with Crippen molar-refractivity contribution in [2.24, 2.45) is 0 Å². The number of thiophene rings is 1. The summed E-state index contributed by atoms with van der Waals surface area (Å²) in [7, 11) is 5.19. The van der Waals surface area contributed by atoms with E-state index in [-0.39, 0.29) is 0 Å². The highest BCUT2D eigenvalue weighted by atomic mass is 32.1. The lowest BCUT2D eigenvalue weighted by Gasteiger charge is -2.16. The summed E-state index contributed by atoms with van der Waals surface area (Å²) in [6.07, 6.45) is 0.877. The Morgan fingerprint density at radius 1 is 1.14 bits per heavy atom. The zero-order chi connectivity index (χ0) is 15.1. The van der Waals surface area contributed by atoms with Gasteiger partial charge in [0.2, 0.25) is 5.75 Å². The van der Waals surface area contributed by atoms with Crippen LogP contribution in [0.15, 0.2) is 29.6 Å². The average molecular weight is 307 g/mol. The lowest BCUT2D eigenvalue weighted by atomic mass is 10.2. The quantitative estimate of drug-likeness (QED) is 0.813. The normalized spacial score (nSPS) is 10.4. The standard InChI is InChI=1S/C16H21NO3S/c1-17-11-12-9-14(18-2)16(15(10-12)19-3)20-7-6-13-5-4-8-21-13/h4-5,8-10,17H,6-7,11H2,1-3H3. The molecule has 2 aromatic rings. The fourth-order valence-corrected chi connectivity index (χ4v) is 2.78. The summed E-state index contributed by atoms with van der Waals surface area (Å²) in [4.78, 5) is 1.31. The molecule has 0 atom stereocenters. The fourth-order valence-electron chi connectivity index (χ4n) is 2.09. The summed E-state index contributed by atoms with van der Waals surface area (Å²) in [6, 6.07) is 8.10. The molecular formula is C16H21NO3S. The molecule has 0 unspecified atom stereocenters. The number of benzene rings is 1. The number of nitrogens with one attached hydrogen (secondary N) is 1. The molecule has 1 N–H and O–H groups in total. The smallest absolute Gasteiger partial charge is 0.203 e. The maximum Gasteiger partial charge on any atom is 0.203 e. The molecule has 4 nitrogen and oxygen atoms in total. The zero-order valence-electron chi connectivity index (χ0n) is 12.6. The van der Waals surface area contributed by atoms with E-state index in [0.717, 1.165) is 18.5 Å². The van der Waals surface area contributed by atoms with Crippen molar-refractivity contribution in [3.05, 3.63) is 40.1 Å². The van der Waals surface area contributed by atoms with E-state index in [9.17, 15) is 0 Å². The van der Waals surface area contributed by atoms with Crippen molar-refractivity contribution < 1.29 is 14.2 Å². The highest BCUT2D eigenvalue weighted by Crippen LogP contribution is 2.38. The van der Waals surface area contributed by atoms with Gasteiger partial charge in [0.25, 0.3) is 0 Å². The molecular weight excluding hydrogens is 286 g/mol. The third kappa shape index (κ3) is 4.12. The number of hydrogen-bond donors (Lipinski definition) is 1. The number of methoxy groups -OCH3 is 2. The van der Waals surface area contributed by atoms with Gasteiger partial charge >= 0.3 is 0 Å². The van der Waals surface area contributed by atoms with Crippen LogP contribution in [0.3, 0.4) is 0 Å². The SMILES string of the molecule is CNCc1cc(OC)c(OCCc2cccs2)c(OC)c1.